The fourth-order valence-electron chi connectivity index (χ4n) is 3.72. The average molecular weight is 417 g/mol. The van der Waals surface area contributed by atoms with Gasteiger partial charge in [0.05, 0.1) is 5.56 Å². The highest BCUT2D eigenvalue weighted by Crippen LogP contribution is 2.26. The third-order valence-corrected chi connectivity index (χ3v) is 5.22. The number of ketones is 1. The molecule has 0 radical (unpaired) electrons. The van der Waals surface area contributed by atoms with Crippen molar-refractivity contribution in [3.05, 3.63) is 58.4 Å². The van der Waals surface area contributed by atoms with Crippen LogP contribution in [-0.2, 0) is 0 Å². The lowest BCUT2D eigenvalue weighted by Gasteiger charge is -2.30. The monoisotopic (exact) mass is 417 g/mol. The molecule has 1 fully saturated rings. The summed E-state index contributed by atoms with van der Waals surface area (Å²) in [5.74, 6) is -4.99. The van der Waals surface area contributed by atoms with Crippen LogP contribution in [0.1, 0.15) is 45.2 Å². The molecule has 1 aliphatic rings. The van der Waals surface area contributed by atoms with Gasteiger partial charge >= 0.3 is 0 Å². The van der Waals surface area contributed by atoms with Gasteiger partial charge in [-0.1, -0.05) is 0 Å². The molecule has 3 aromatic rings. The number of aryl methyl sites for hydroxylation is 2. The molecule has 156 valence electrons. The SMILES string of the molecule is Cc1cc(C)n2nc(C(=O)N3CCC(C(=O)c4c(F)cc(F)cc4F)CC3)nc2n1. The Morgan fingerprint density at radius 2 is 1.63 bits per heavy atom. The molecule has 1 aromatic carbocycles. The number of carbonyl (C=O) groups is 2. The van der Waals surface area contributed by atoms with Crippen molar-refractivity contribution in [1.82, 2.24) is 24.5 Å². The van der Waals surface area contributed by atoms with E-state index in [1.54, 1.807) is 0 Å². The molecule has 1 saturated heterocycles. The normalized spacial score (nSPS) is 15.0. The van der Waals surface area contributed by atoms with Gasteiger partial charge in [0.2, 0.25) is 5.82 Å². The third kappa shape index (κ3) is 3.53. The van der Waals surface area contributed by atoms with Gasteiger partial charge < -0.3 is 4.90 Å². The summed E-state index contributed by atoms with van der Waals surface area (Å²) in [6.07, 6.45) is 0.454. The second-order valence-corrected chi connectivity index (χ2v) is 7.36. The molecular weight excluding hydrogens is 399 g/mol. The summed E-state index contributed by atoms with van der Waals surface area (Å²) >= 11 is 0. The minimum absolute atomic E-state index is 0.00315. The van der Waals surface area contributed by atoms with Crippen molar-refractivity contribution in [3.63, 3.8) is 0 Å². The molecule has 0 spiro atoms. The number of aromatic nitrogens is 4. The number of fused-ring (bicyclic) bond motifs is 1. The van der Waals surface area contributed by atoms with Crippen LogP contribution in [0.15, 0.2) is 18.2 Å². The van der Waals surface area contributed by atoms with Crippen LogP contribution in [0.5, 0.6) is 0 Å². The van der Waals surface area contributed by atoms with Crippen molar-refractivity contribution in [1.29, 1.82) is 0 Å². The fraction of sp³-hybridized carbons (Fsp3) is 0.350. The predicted octanol–water partition coefficient (Wildman–Crippen LogP) is 2.89. The van der Waals surface area contributed by atoms with Crippen LogP contribution in [-0.4, -0.2) is 49.3 Å². The largest absolute Gasteiger partial charge is 0.336 e. The molecule has 0 aliphatic carbocycles. The van der Waals surface area contributed by atoms with E-state index in [0.29, 0.717) is 17.9 Å². The molecule has 1 amide bonds. The number of amides is 1. The Hall–Kier alpha value is -3.30. The molecule has 1 aliphatic heterocycles. The van der Waals surface area contributed by atoms with Crippen molar-refractivity contribution < 1.29 is 22.8 Å². The Morgan fingerprint density at radius 1 is 1.00 bits per heavy atom. The van der Waals surface area contributed by atoms with Gasteiger partial charge in [-0.05, 0) is 32.8 Å². The van der Waals surface area contributed by atoms with Gasteiger partial charge in [-0.3, -0.25) is 9.59 Å². The first kappa shape index (κ1) is 20.0. The average Bonchev–Trinajstić information content (AvgIpc) is 3.11. The van der Waals surface area contributed by atoms with Crippen molar-refractivity contribution >= 4 is 17.5 Å². The van der Waals surface area contributed by atoms with Gasteiger partial charge in [0.1, 0.15) is 17.5 Å². The Bertz CT molecular complexity index is 1150. The van der Waals surface area contributed by atoms with E-state index >= 15 is 0 Å². The van der Waals surface area contributed by atoms with Crippen LogP contribution in [0, 0.1) is 37.2 Å². The molecular formula is C20H18F3N5O2. The van der Waals surface area contributed by atoms with Gasteiger partial charge in [0.25, 0.3) is 11.7 Å². The molecule has 4 rings (SSSR count). The predicted molar refractivity (Wildman–Crippen MR) is 99.5 cm³/mol. The topological polar surface area (TPSA) is 80.5 Å². The van der Waals surface area contributed by atoms with Gasteiger partial charge in [-0.15, -0.1) is 5.10 Å². The minimum atomic E-state index is -1.22. The number of likely N-dealkylation sites (tertiary alicyclic amines) is 1. The van der Waals surface area contributed by atoms with Crippen molar-refractivity contribution in [2.45, 2.75) is 26.7 Å². The second-order valence-electron chi connectivity index (χ2n) is 7.36. The number of nitrogens with zero attached hydrogens (tertiary/aromatic N) is 5. The highest BCUT2D eigenvalue weighted by atomic mass is 19.1. The lowest BCUT2D eigenvalue weighted by molar-refractivity contribution is 0.0638. The standard InChI is InChI=1S/C20H18F3N5O2/c1-10-7-11(2)28-20(24-10)25-18(26-28)19(30)27-5-3-12(4-6-27)17(29)16-14(22)8-13(21)9-15(16)23/h7-9,12H,3-6H2,1-2H3. The highest BCUT2D eigenvalue weighted by molar-refractivity contribution is 5.98. The fourth-order valence-corrected chi connectivity index (χ4v) is 3.72. The minimum Gasteiger partial charge on any atom is -0.336 e. The van der Waals surface area contributed by atoms with E-state index in [-0.39, 0.29) is 31.8 Å². The van der Waals surface area contributed by atoms with Gasteiger partial charge in [-0.2, -0.15) is 4.98 Å². The first-order valence-electron chi connectivity index (χ1n) is 9.43. The van der Waals surface area contributed by atoms with Gasteiger partial charge in [0, 0.05) is 42.5 Å². The van der Waals surface area contributed by atoms with E-state index in [2.05, 4.69) is 15.1 Å². The molecule has 30 heavy (non-hydrogen) atoms. The molecule has 10 heteroatoms. The summed E-state index contributed by atoms with van der Waals surface area (Å²) in [4.78, 5) is 35.3. The highest BCUT2D eigenvalue weighted by Gasteiger charge is 2.32. The Kier molecular flexibility index (Phi) is 5.00. The van der Waals surface area contributed by atoms with Gasteiger partial charge in [-0.25, -0.2) is 22.7 Å². The summed E-state index contributed by atoms with van der Waals surface area (Å²) < 4.78 is 42.4. The number of rotatable bonds is 3. The zero-order chi connectivity index (χ0) is 21.6. The number of carbonyl (C=O) groups excluding carboxylic acids is 2. The summed E-state index contributed by atoms with van der Waals surface area (Å²) in [6.45, 7) is 4.06. The number of benzene rings is 1. The molecule has 0 bridgehead atoms. The van der Waals surface area contributed by atoms with Crippen LogP contribution in [0.4, 0.5) is 13.2 Å². The molecule has 0 saturated carbocycles. The molecule has 0 unspecified atom stereocenters. The van der Waals surface area contributed by atoms with E-state index in [9.17, 15) is 22.8 Å². The summed E-state index contributed by atoms with van der Waals surface area (Å²) in [6, 6.07) is 2.80. The van der Waals surface area contributed by atoms with E-state index in [1.165, 1.54) is 9.42 Å². The summed E-state index contributed by atoms with van der Waals surface area (Å²) in [7, 11) is 0. The van der Waals surface area contributed by atoms with E-state index in [4.69, 9.17) is 0 Å². The van der Waals surface area contributed by atoms with Crippen molar-refractivity contribution in [2.75, 3.05) is 13.1 Å². The van der Waals surface area contributed by atoms with Crippen LogP contribution in [0.3, 0.4) is 0 Å². The summed E-state index contributed by atoms with van der Waals surface area (Å²) in [5, 5.41) is 4.21. The number of hydrogen-bond acceptors (Lipinski definition) is 5. The maximum Gasteiger partial charge on any atom is 0.293 e. The lowest BCUT2D eigenvalue weighted by atomic mass is 9.88. The zero-order valence-electron chi connectivity index (χ0n) is 16.3. The molecule has 3 heterocycles. The second kappa shape index (κ2) is 7.51. The first-order chi connectivity index (χ1) is 14.2. The third-order valence-electron chi connectivity index (χ3n) is 5.22. The number of piperidine rings is 1. The van der Waals surface area contributed by atoms with E-state index in [1.807, 2.05) is 19.9 Å². The quantitative estimate of drug-likeness (QED) is 0.613. The van der Waals surface area contributed by atoms with Crippen LogP contribution in [0.2, 0.25) is 0 Å². The van der Waals surface area contributed by atoms with Crippen molar-refractivity contribution in [2.24, 2.45) is 5.92 Å². The maximum atomic E-state index is 13.9. The number of hydrogen-bond donors (Lipinski definition) is 0. The molecule has 0 N–H and O–H groups in total. The number of halogens is 3. The Morgan fingerprint density at radius 3 is 2.27 bits per heavy atom. The molecule has 7 nitrogen and oxygen atoms in total. The molecule has 0 atom stereocenters. The Labute approximate surface area is 169 Å². The Balaban J connectivity index is 1.48. The summed E-state index contributed by atoms with van der Waals surface area (Å²) in [5.41, 5.74) is 0.808. The van der Waals surface area contributed by atoms with E-state index < -0.39 is 40.6 Å². The maximum absolute atomic E-state index is 13.9. The molecule has 2 aromatic heterocycles. The van der Waals surface area contributed by atoms with E-state index in [0.717, 1.165) is 11.4 Å². The van der Waals surface area contributed by atoms with Crippen molar-refractivity contribution in [3.8, 4) is 0 Å². The lowest BCUT2D eigenvalue weighted by Crippen LogP contribution is -2.41. The smallest absolute Gasteiger partial charge is 0.293 e. The van der Waals surface area contributed by atoms with Crippen LogP contribution < -0.4 is 0 Å². The van der Waals surface area contributed by atoms with Gasteiger partial charge in [0.15, 0.2) is 5.78 Å². The number of Topliss-reactive ketones (excluding diaryl/α,β-unsaturated/α-hetero) is 1. The van der Waals surface area contributed by atoms with Crippen LogP contribution in [0.25, 0.3) is 5.78 Å². The first-order valence-corrected chi connectivity index (χ1v) is 9.43. The zero-order valence-corrected chi connectivity index (χ0v) is 16.3. The van der Waals surface area contributed by atoms with Crippen LogP contribution >= 0.6 is 0 Å².